The Bertz CT molecular complexity index is 317. The standard InChI is InChI=1S/C11H19ClN2OS/c1-4-10(14(3)6-8(2)15)11-13-9(5-12)7-16-11/h7-8,10,15H,4-6H2,1-3H3. The van der Waals surface area contributed by atoms with Crippen LogP contribution in [0.4, 0.5) is 0 Å². The summed E-state index contributed by atoms with van der Waals surface area (Å²) in [5.41, 5.74) is 0.936. The second kappa shape index (κ2) is 6.55. The van der Waals surface area contributed by atoms with Crippen molar-refractivity contribution in [3.63, 3.8) is 0 Å². The molecule has 2 atom stereocenters. The predicted molar refractivity (Wildman–Crippen MR) is 69.0 cm³/mol. The molecule has 0 aliphatic carbocycles. The first-order chi connectivity index (χ1) is 7.58. The summed E-state index contributed by atoms with van der Waals surface area (Å²) in [5, 5.41) is 12.5. The molecule has 0 radical (unpaired) electrons. The second-order valence-corrected chi connectivity index (χ2v) is 5.18. The second-order valence-electron chi connectivity index (χ2n) is 4.02. The van der Waals surface area contributed by atoms with Crippen molar-refractivity contribution in [2.75, 3.05) is 13.6 Å². The maximum Gasteiger partial charge on any atom is 0.110 e. The third-order valence-corrected chi connectivity index (χ3v) is 3.73. The van der Waals surface area contributed by atoms with Crippen molar-refractivity contribution >= 4 is 22.9 Å². The maximum atomic E-state index is 9.39. The maximum absolute atomic E-state index is 9.39. The van der Waals surface area contributed by atoms with Crippen LogP contribution in [0, 0.1) is 0 Å². The van der Waals surface area contributed by atoms with Gasteiger partial charge < -0.3 is 5.11 Å². The van der Waals surface area contributed by atoms with E-state index in [4.69, 9.17) is 11.6 Å². The van der Waals surface area contributed by atoms with Gasteiger partial charge in [0, 0.05) is 11.9 Å². The Morgan fingerprint density at radius 3 is 2.75 bits per heavy atom. The number of nitrogens with zero attached hydrogens (tertiary/aromatic N) is 2. The predicted octanol–water partition coefficient (Wildman–Crippen LogP) is 2.65. The molecule has 0 spiro atoms. The minimum absolute atomic E-state index is 0.275. The summed E-state index contributed by atoms with van der Waals surface area (Å²) in [4.78, 5) is 6.63. The van der Waals surface area contributed by atoms with Crippen LogP contribution >= 0.6 is 22.9 Å². The number of rotatable bonds is 6. The number of aliphatic hydroxyl groups excluding tert-OH is 1. The molecule has 5 heteroatoms. The zero-order chi connectivity index (χ0) is 12.1. The van der Waals surface area contributed by atoms with Crippen molar-refractivity contribution in [2.24, 2.45) is 0 Å². The van der Waals surface area contributed by atoms with Gasteiger partial charge >= 0.3 is 0 Å². The molecular formula is C11H19ClN2OS. The Kier molecular flexibility index (Phi) is 5.69. The fourth-order valence-electron chi connectivity index (χ4n) is 1.76. The molecule has 0 saturated carbocycles. The van der Waals surface area contributed by atoms with Crippen LogP contribution in [-0.2, 0) is 5.88 Å². The zero-order valence-electron chi connectivity index (χ0n) is 9.98. The topological polar surface area (TPSA) is 36.4 Å². The summed E-state index contributed by atoms with van der Waals surface area (Å²) in [6.45, 7) is 4.59. The van der Waals surface area contributed by atoms with E-state index in [2.05, 4.69) is 16.8 Å². The number of alkyl halides is 1. The van der Waals surface area contributed by atoms with Crippen molar-refractivity contribution in [1.29, 1.82) is 0 Å². The molecule has 16 heavy (non-hydrogen) atoms. The summed E-state index contributed by atoms with van der Waals surface area (Å²) >= 11 is 7.39. The minimum Gasteiger partial charge on any atom is -0.392 e. The van der Waals surface area contributed by atoms with E-state index in [0.29, 0.717) is 12.4 Å². The van der Waals surface area contributed by atoms with Crippen molar-refractivity contribution in [3.05, 3.63) is 16.1 Å². The highest BCUT2D eigenvalue weighted by Crippen LogP contribution is 2.26. The Morgan fingerprint density at radius 1 is 1.62 bits per heavy atom. The van der Waals surface area contributed by atoms with E-state index in [-0.39, 0.29) is 12.1 Å². The average Bonchev–Trinajstić information content (AvgIpc) is 2.66. The van der Waals surface area contributed by atoms with Gasteiger partial charge in [-0.2, -0.15) is 0 Å². The molecule has 0 fully saturated rings. The summed E-state index contributed by atoms with van der Waals surface area (Å²) in [6, 6.07) is 0.275. The zero-order valence-corrected chi connectivity index (χ0v) is 11.6. The van der Waals surface area contributed by atoms with Gasteiger partial charge in [-0.3, -0.25) is 4.90 Å². The largest absolute Gasteiger partial charge is 0.392 e. The van der Waals surface area contributed by atoms with Crippen molar-refractivity contribution in [2.45, 2.75) is 38.3 Å². The number of aromatic nitrogens is 1. The van der Waals surface area contributed by atoms with Crippen molar-refractivity contribution in [1.82, 2.24) is 9.88 Å². The van der Waals surface area contributed by atoms with Gasteiger partial charge in [0.05, 0.1) is 23.7 Å². The van der Waals surface area contributed by atoms with E-state index in [9.17, 15) is 5.11 Å². The smallest absolute Gasteiger partial charge is 0.110 e. The van der Waals surface area contributed by atoms with Crippen LogP contribution in [0.15, 0.2) is 5.38 Å². The monoisotopic (exact) mass is 262 g/mol. The van der Waals surface area contributed by atoms with E-state index in [0.717, 1.165) is 17.1 Å². The highest BCUT2D eigenvalue weighted by molar-refractivity contribution is 7.09. The molecule has 1 N–H and O–H groups in total. The number of halogens is 1. The molecule has 0 bridgehead atoms. The summed E-state index contributed by atoms with van der Waals surface area (Å²) in [6.07, 6.45) is 0.671. The normalized spacial score (nSPS) is 15.4. The van der Waals surface area contributed by atoms with E-state index in [1.165, 1.54) is 0 Å². The Labute approximate surface area is 106 Å². The summed E-state index contributed by atoms with van der Waals surface area (Å²) in [5.74, 6) is 0.465. The molecule has 1 rings (SSSR count). The van der Waals surface area contributed by atoms with E-state index in [1.807, 2.05) is 12.4 Å². The molecular weight excluding hydrogens is 244 g/mol. The first-order valence-electron chi connectivity index (χ1n) is 5.47. The lowest BCUT2D eigenvalue weighted by molar-refractivity contribution is 0.115. The SMILES string of the molecule is CCC(c1nc(CCl)cs1)N(C)CC(C)O. The molecule has 0 amide bonds. The number of aliphatic hydroxyl groups is 1. The number of hydrogen-bond acceptors (Lipinski definition) is 4. The summed E-state index contributed by atoms with van der Waals surface area (Å²) < 4.78 is 0. The molecule has 2 unspecified atom stereocenters. The van der Waals surface area contributed by atoms with Crippen molar-refractivity contribution in [3.8, 4) is 0 Å². The van der Waals surface area contributed by atoms with Crippen LogP contribution in [-0.4, -0.2) is 34.7 Å². The van der Waals surface area contributed by atoms with Crippen LogP contribution in [0.3, 0.4) is 0 Å². The lowest BCUT2D eigenvalue weighted by Crippen LogP contribution is -2.31. The Balaban J connectivity index is 2.72. The van der Waals surface area contributed by atoms with Crippen LogP contribution in [0.2, 0.25) is 0 Å². The molecule has 0 aliphatic rings. The quantitative estimate of drug-likeness (QED) is 0.801. The van der Waals surface area contributed by atoms with Crippen LogP contribution < -0.4 is 0 Å². The van der Waals surface area contributed by atoms with Gasteiger partial charge in [0.1, 0.15) is 5.01 Å². The van der Waals surface area contributed by atoms with E-state index in [1.54, 1.807) is 18.3 Å². The molecule has 1 heterocycles. The number of hydrogen-bond donors (Lipinski definition) is 1. The van der Waals surface area contributed by atoms with Gasteiger partial charge in [-0.15, -0.1) is 22.9 Å². The molecule has 0 aromatic carbocycles. The lowest BCUT2D eigenvalue weighted by Gasteiger charge is -2.26. The van der Waals surface area contributed by atoms with Gasteiger partial charge in [0.2, 0.25) is 0 Å². The van der Waals surface area contributed by atoms with Crippen molar-refractivity contribution < 1.29 is 5.11 Å². The third kappa shape index (κ3) is 3.70. The minimum atomic E-state index is -0.313. The van der Waals surface area contributed by atoms with E-state index >= 15 is 0 Å². The highest BCUT2D eigenvalue weighted by Gasteiger charge is 2.19. The Hall–Kier alpha value is -0.160. The van der Waals surface area contributed by atoms with Gasteiger partial charge in [0.25, 0.3) is 0 Å². The van der Waals surface area contributed by atoms with Gasteiger partial charge in [-0.1, -0.05) is 6.92 Å². The lowest BCUT2D eigenvalue weighted by atomic mass is 10.2. The average molecular weight is 263 g/mol. The summed E-state index contributed by atoms with van der Waals surface area (Å²) in [7, 11) is 2.02. The molecule has 92 valence electrons. The number of likely N-dealkylation sites (N-methyl/N-ethyl adjacent to an activating group) is 1. The van der Waals surface area contributed by atoms with Crippen LogP contribution in [0.5, 0.6) is 0 Å². The highest BCUT2D eigenvalue weighted by atomic mass is 35.5. The molecule has 1 aromatic rings. The van der Waals surface area contributed by atoms with Gasteiger partial charge in [-0.25, -0.2) is 4.98 Å². The van der Waals surface area contributed by atoms with E-state index < -0.39 is 0 Å². The molecule has 0 aliphatic heterocycles. The molecule has 3 nitrogen and oxygen atoms in total. The molecule has 1 aromatic heterocycles. The Morgan fingerprint density at radius 2 is 2.31 bits per heavy atom. The first kappa shape index (κ1) is 13.9. The van der Waals surface area contributed by atoms with Gasteiger partial charge in [-0.05, 0) is 20.4 Å². The third-order valence-electron chi connectivity index (χ3n) is 2.46. The fraction of sp³-hybridized carbons (Fsp3) is 0.727. The number of thiazole rings is 1. The van der Waals surface area contributed by atoms with Crippen LogP contribution in [0.1, 0.15) is 37.0 Å². The fourth-order valence-corrected chi connectivity index (χ4v) is 3.05. The molecule has 0 saturated heterocycles. The van der Waals surface area contributed by atoms with Crippen LogP contribution in [0.25, 0.3) is 0 Å². The first-order valence-corrected chi connectivity index (χ1v) is 6.88. The van der Waals surface area contributed by atoms with Gasteiger partial charge in [0.15, 0.2) is 0 Å².